The van der Waals surface area contributed by atoms with Crippen molar-refractivity contribution in [1.29, 1.82) is 0 Å². The van der Waals surface area contributed by atoms with Crippen LogP contribution in [0.5, 0.6) is 11.5 Å². The molecule has 0 fully saturated rings. The number of fused-ring (bicyclic) bond motifs is 5. The molecule has 4 heterocycles. The van der Waals surface area contributed by atoms with E-state index in [9.17, 15) is 9.59 Å². The summed E-state index contributed by atoms with van der Waals surface area (Å²) in [7, 11) is 1.98. The molecule has 0 N–H and O–H groups in total. The van der Waals surface area contributed by atoms with Crippen molar-refractivity contribution in [3.05, 3.63) is 107 Å². The number of rotatable bonds is 2. The maximum atomic E-state index is 13.4. The molecule has 3 aromatic carbocycles. The third kappa shape index (κ3) is 3.01. The minimum absolute atomic E-state index is 0.150. The molecule has 2 aliphatic heterocycles. The van der Waals surface area contributed by atoms with Crippen LogP contribution in [0.15, 0.2) is 84.9 Å². The summed E-state index contributed by atoms with van der Waals surface area (Å²) in [4.78, 5) is 30.5. The van der Waals surface area contributed by atoms with Crippen LogP contribution in [0.1, 0.15) is 39.4 Å². The molecule has 2 aliphatic rings. The summed E-state index contributed by atoms with van der Waals surface area (Å²) in [5, 5.41) is 2.00. The number of Topliss-reactive ketones (excluding diaryl/α,β-unsaturated/α-hetero) is 1. The quantitative estimate of drug-likeness (QED) is 0.185. The average Bonchev–Trinajstić information content (AvgIpc) is 3.39. The summed E-state index contributed by atoms with van der Waals surface area (Å²) in [6.07, 6.45) is 5.68. The summed E-state index contributed by atoms with van der Waals surface area (Å²) < 4.78 is 13.9. The summed E-state index contributed by atoms with van der Waals surface area (Å²) in [5.41, 5.74) is 4.97. The Morgan fingerprint density at radius 1 is 0.944 bits per heavy atom. The second kappa shape index (κ2) is 7.65. The lowest BCUT2D eigenvalue weighted by Gasteiger charge is -2.27. The van der Waals surface area contributed by atoms with E-state index >= 15 is 0 Å². The van der Waals surface area contributed by atoms with Gasteiger partial charge >= 0.3 is 5.97 Å². The zero-order valence-electron chi connectivity index (χ0n) is 19.4. The van der Waals surface area contributed by atoms with E-state index in [0.717, 1.165) is 38.5 Å². The van der Waals surface area contributed by atoms with Gasteiger partial charge in [0.15, 0.2) is 5.76 Å². The lowest BCUT2D eigenvalue weighted by molar-refractivity contribution is -0.135. The van der Waals surface area contributed by atoms with Crippen LogP contribution in [0.4, 0.5) is 0 Å². The number of ketones is 1. The van der Waals surface area contributed by atoms with Crippen molar-refractivity contribution < 1.29 is 19.1 Å². The van der Waals surface area contributed by atoms with Gasteiger partial charge in [-0.25, -0.2) is 0 Å². The van der Waals surface area contributed by atoms with Crippen LogP contribution in [0.2, 0.25) is 0 Å². The number of para-hydroxylation sites is 2. The van der Waals surface area contributed by atoms with Gasteiger partial charge in [-0.1, -0.05) is 36.4 Å². The number of carbonyl (C=O) groups is 2. The summed E-state index contributed by atoms with van der Waals surface area (Å²) >= 11 is 0. The van der Waals surface area contributed by atoms with Crippen molar-refractivity contribution in [3.8, 4) is 11.5 Å². The molecule has 0 aliphatic carbocycles. The molecule has 0 bridgehead atoms. The van der Waals surface area contributed by atoms with Gasteiger partial charge in [0.05, 0.1) is 17.5 Å². The molecule has 0 unspecified atom stereocenters. The van der Waals surface area contributed by atoms with E-state index in [-0.39, 0.29) is 29.9 Å². The number of esters is 1. The monoisotopic (exact) mass is 472 g/mol. The molecule has 0 spiro atoms. The normalized spacial score (nSPS) is 17.8. The van der Waals surface area contributed by atoms with Crippen molar-refractivity contribution in [2.75, 3.05) is 0 Å². The molecule has 2 aromatic heterocycles. The molecule has 1 atom stereocenters. The molecule has 0 amide bonds. The number of hydrogen-bond acceptors (Lipinski definition) is 5. The van der Waals surface area contributed by atoms with Gasteiger partial charge in [-0.2, -0.15) is 0 Å². The van der Waals surface area contributed by atoms with Crippen LogP contribution < -0.4 is 9.47 Å². The first-order valence-corrected chi connectivity index (χ1v) is 11.8. The van der Waals surface area contributed by atoms with Gasteiger partial charge in [0.25, 0.3) is 0 Å². The second-order valence-electron chi connectivity index (χ2n) is 9.15. The third-order valence-electron chi connectivity index (χ3n) is 7.05. The van der Waals surface area contributed by atoms with Crippen molar-refractivity contribution in [3.63, 3.8) is 0 Å². The standard InChI is InChI=1S/C30H20N2O4/c1-32-16-17(18-6-3-5-9-24(18)32)14-26-29(34)21-10-11-25-28(30(21)36-26)22(15-27(33)35-25)19-12-13-31-23-8-4-2-7-20(19)23/h2-14,16,22H,15H2,1H3/b26-14-/t22-/m0/s1. The highest BCUT2D eigenvalue weighted by Gasteiger charge is 2.39. The van der Waals surface area contributed by atoms with Gasteiger partial charge in [0.2, 0.25) is 5.78 Å². The number of aromatic nitrogens is 2. The Morgan fingerprint density at radius 3 is 2.64 bits per heavy atom. The first-order chi connectivity index (χ1) is 17.6. The van der Waals surface area contributed by atoms with Gasteiger partial charge in [0, 0.05) is 52.8 Å². The summed E-state index contributed by atoms with van der Waals surface area (Å²) in [6, 6.07) is 21.2. The minimum Gasteiger partial charge on any atom is -0.452 e. The maximum absolute atomic E-state index is 13.4. The van der Waals surface area contributed by atoms with E-state index in [4.69, 9.17) is 9.47 Å². The molecule has 36 heavy (non-hydrogen) atoms. The number of carbonyl (C=O) groups excluding carboxylic acids is 2. The highest BCUT2D eigenvalue weighted by Crippen LogP contribution is 2.50. The van der Waals surface area contributed by atoms with Gasteiger partial charge in [-0.05, 0) is 42.0 Å². The fourth-order valence-electron chi connectivity index (χ4n) is 5.42. The minimum atomic E-state index is -0.325. The van der Waals surface area contributed by atoms with Gasteiger partial charge in [0.1, 0.15) is 11.5 Å². The van der Waals surface area contributed by atoms with Crippen molar-refractivity contribution in [2.45, 2.75) is 12.3 Å². The molecule has 6 nitrogen and oxygen atoms in total. The van der Waals surface area contributed by atoms with Crippen LogP contribution in [-0.4, -0.2) is 21.3 Å². The fraction of sp³-hybridized carbons (Fsp3) is 0.100. The predicted octanol–water partition coefficient (Wildman–Crippen LogP) is 5.78. The largest absolute Gasteiger partial charge is 0.452 e. The zero-order chi connectivity index (χ0) is 24.4. The Bertz CT molecular complexity index is 1770. The Morgan fingerprint density at radius 2 is 1.75 bits per heavy atom. The number of benzene rings is 3. The van der Waals surface area contributed by atoms with Crippen LogP contribution in [0, 0.1) is 0 Å². The summed E-state index contributed by atoms with van der Waals surface area (Å²) in [6.45, 7) is 0. The van der Waals surface area contributed by atoms with Crippen molar-refractivity contribution in [1.82, 2.24) is 9.55 Å². The lowest BCUT2D eigenvalue weighted by Crippen LogP contribution is -2.21. The number of nitrogens with zero attached hydrogens (tertiary/aromatic N) is 2. The molecule has 0 saturated heterocycles. The molecule has 174 valence electrons. The van der Waals surface area contributed by atoms with E-state index in [2.05, 4.69) is 4.98 Å². The highest BCUT2D eigenvalue weighted by molar-refractivity contribution is 6.16. The smallest absolute Gasteiger partial charge is 0.312 e. The van der Waals surface area contributed by atoms with Crippen LogP contribution in [-0.2, 0) is 11.8 Å². The van der Waals surface area contributed by atoms with Crippen molar-refractivity contribution >= 4 is 39.6 Å². The highest BCUT2D eigenvalue weighted by atomic mass is 16.5. The number of hydrogen-bond donors (Lipinski definition) is 0. The number of ether oxygens (including phenoxy) is 2. The zero-order valence-corrected chi connectivity index (χ0v) is 19.4. The van der Waals surface area contributed by atoms with Gasteiger partial charge in [-0.3, -0.25) is 14.6 Å². The lowest BCUT2D eigenvalue weighted by atomic mass is 9.83. The van der Waals surface area contributed by atoms with Crippen molar-refractivity contribution in [2.24, 2.45) is 7.05 Å². The molecular weight excluding hydrogens is 452 g/mol. The second-order valence-corrected chi connectivity index (χ2v) is 9.15. The maximum Gasteiger partial charge on any atom is 0.312 e. The van der Waals surface area contributed by atoms with E-state index in [0.29, 0.717) is 17.1 Å². The van der Waals surface area contributed by atoms with E-state index in [1.165, 1.54) is 0 Å². The van der Waals surface area contributed by atoms with E-state index < -0.39 is 0 Å². The van der Waals surface area contributed by atoms with Gasteiger partial charge < -0.3 is 14.0 Å². The Kier molecular flexibility index (Phi) is 4.39. The number of allylic oxidation sites excluding steroid dienone is 1. The first-order valence-electron chi connectivity index (χ1n) is 11.8. The van der Waals surface area contributed by atoms with E-state index in [1.54, 1.807) is 24.4 Å². The fourth-order valence-corrected chi connectivity index (χ4v) is 5.42. The molecule has 0 radical (unpaired) electrons. The number of pyridine rings is 1. The Hall–Kier alpha value is -4.71. The molecule has 6 heteroatoms. The summed E-state index contributed by atoms with van der Waals surface area (Å²) in [5.74, 6) is 0.316. The Labute approximate surface area is 206 Å². The molecular formula is C30H20N2O4. The van der Waals surface area contributed by atoms with Gasteiger partial charge in [-0.15, -0.1) is 0 Å². The molecule has 0 saturated carbocycles. The topological polar surface area (TPSA) is 70.4 Å². The van der Waals surface area contributed by atoms with Crippen LogP contribution in [0.25, 0.3) is 27.9 Å². The predicted molar refractivity (Wildman–Crippen MR) is 136 cm³/mol. The third-order valence-corrected chi connectivity index (χ3v) is 7.05. The van der Waals surface area contributed by atoms with Crippen LogP contribution in [0.3, 0.4) is 0 Å². The Balaban J connectivity index is 1.39. The SMILES string of the molecule is Cn1cc(/C=C2\Oc3c(ccc4c3[C@H](c3ccnc5ccccc35)CC(=O)O4)C2=O)c2ccccc21. The average molecular weight is 473 g/mol. The first kappa shape index (κ1) is 20.6. The van der Waals surface area contributed by atoms with Crippen LogP contribution >= 0.6 is 0 Å². The van der Waals surface area contributed by atoms with E-state index in [1.807, 2.05) is 72.4 Å². The molecule has 5 aromatic rings. The molecule has 7 rings (SSSR count). The number of aryl methyl sites for hydroxylation is 1.